The number of hydrogen-bond donors (Lipinski definition) is 2. The summed E-state index contributed by atoms with van der Waals surface area (Å²) < 4.78 is 0. The number of H-pyrrole nitrogens is 1. The lowest BCUT2D eigenvalue weighted by molar-refractivity contribution is 0.0456. The highest BCUT2D eigenvalue weighted by Crippen LogP contribution is 2.42. The maximum absolute atomic E-state index is 12.4. The summed E-state index contributed by atoms with van der Waals surface area (Å²) in [4.78, 5) is 19.3. The van der Waals surface area contributed by atoms with Gasteiger partial charge in [-0.15, -0.1) is 11.3 Å². The number of thiophene rings is 1. The molecule has 1 atom stereocenters. The molecular weight excluding hydrogens is 322 g/mol. The number of aryl methyl sites for hydroxylation is 1. The molecule has 0 aromatic carbocycles. The van der Waals surface area contributed by atoms with E-state index in [1.54, 1.807) is 11.3 Å². The van der Waals surface area contributed by atoms with Gasteiger partial charge in [0.25, 0.3) is 5.91 Å². The molecule has 0 saturated carbocycles. The highest BCUT2D eigenvalue weighted by Gasteiger charge is 2.40. The summed E-state index contributed by atoms with van der Waals surface area (Å²) in [6.45, 7) is 5.00. The van der Waals surface area contributed by atoms with Crippen molar-refractivity contribution in [3.05, 3.63) is 22.8 Å². The van der Waals surface area contributed by atoms with Crippen LogP contribution in [0.1, 0.15) is 34.6 Å². The SMILES string of the molecule is Cc1[nH]ncc1-c1cc2c(s1)C(=O)NCN2C1CC2CCN1CC2. The first-order valence-corrected chi connectivity index (χ1v) is 9.45. The molecule has 1 unspecified atom stereocenters. The summed E-state index contributed by atoms with van der Waals surface area (Å²) in [5, 5.41) is 10.2. The molecule has 1 amide bonds. The predicted molar refractivity (Wildman–Crippen MR) is 94.2 cm³/mol. The Morgan fingerprint density at radius 3 is 2.83 bits per heavy atom. The summed E-state index contributed by atoms with van der Waals surface area (Å²) in [6.07, 6.45) is 6.13. The summed E-state index contributed by atoms with van der Waals surface area (Å²) in [5.41, 5.74) is 3.23. The van der Waals surface area contributed by atoms with Crippen molar-refractivity contribution in [3.63, 3.8) is 0 Å². The average Bonchev–Trinajstić information content (AvgIpc) is 3.23. The van der Waals surface area contributed by atoms with E-state index in [9.17, 15) is 4.79 Å². The maximum Gasteiger partial charge on any atom is 0.264 e. The van der Waals surface area contributed by atoms with Crippen molar-refractivity contribution in [3.8, 4) is 10.4 Å². The van der Waals surface area contributed by atoms with Crippen molar-refractivity contribution in [2.75, 3.05) is 24.7 Å². The van der Waals surface area contributed by atoms with Crippen LogP contribution in [0.15, 0.2) is 12.3 Å². The maximum atomic E-state index is 12.4. The molecule has 6 heterocycles. The van der Waals surface area contributed by atoms with Crippen LogP contribution in [0.4, 0.5) is 5.69 Å². The number of carbonyl (C=O) groups is 1. The second-order valence-electron chi connectivity index (χ2n) is 7.06. The molecule has 3 fully saturated rings. The zero-order valence-corrected chi connectivity index (χ0v) is 14.5. The zero-order chi connectivity index (χ0) is 16.3. The molecule has 0 aliphatic carbocycles. The van der Waals surface area contributed by atoms with Crippen molar-refractivity contribution < 1.29 is 4.79 Å². The van der Waals surface area contributed by atoms with Crippen LogP contribution < -0.4 is 10.2 Å². The van der Waals surface area contributed by atoms with Crippen LogP contribution in [0.2, 0.25) is 0 Å². The molecular formula is C17H21N5OS. The monoisotopic (exact) mass is 343 g/mol. The number of fused-ring (bicyclic) bond motifs is 4. The highest BCUT2D eigenvalue weighted by atomic mass is 32.1. The van der Waals surface area contributed by atoms with E-state index in [0.29, 0.717) is 12.8 Å². The van der Waals surface area contributed by atoms with Crippen LogP contribution in [-0.4, -0.2) is 46.9 Å². The van der Waals surface area contributed by atoms with Gasteiger partial charge < -0.3 is 10.2 Å². The third kappa shape index (κ3) is 2.11. The van der Waals surface area contributed by atoms with Crippen LogP contribution >= 0.6 is 11.3 Å². The van der Waals surface area contributed by atoms with Crippen LogP contribution in [0.3, 0.4) is 0 Å². The Hall–Kier alpha value is -1.86. The van der Waals surface area contributed by atoms with E-state index >= 15 is 0 Å². The zero-order valence-electron chi connectivity index (χ0n) is 13.7. The van der Waals surface area contributed by atoms with Crippen molar-refractivity contribution in [1.29, 1.82) is 0 Å². The second-order valence-corrected chi connectivity index (χ2v) is 8.12. The molecule has 0 radical (unpaired) electrons. The van der Waals surface area contributed by atoms with Crippen molar-refractivity contribution in [2.45, 2.75) is 32.4 Å². The highest BCUT2D eigenvalue weighted by molar-refractivity contribution is 7.18. The first-order valence-electron chi connectivity index (χ1n) is 8.64. The topological polar surface area (TPSA) is 64.3 Å². The molecule has 6 nitrogen and oxygen atoms in total. The van der Waals surface area contributed by atoms with E-state index in [4.69, 9.17) is 0 Å². The van der Waals surface area contributed by atoms with Gasteiger partial charge in [-0.3, -0.25) is 14.8 Å². The molecule has 126 valence electrons. The van der Waals surface area contributed by atoms with Crippen LogP contribution in [0, 0.1) is 12.8 Å². The lowest BCUT2D eigenvalue weighted by Crippen LogP contribution is -2.60. The normalized spacial score (nSPS) is 28.8. The number of aromatic nitrogens is 2. The van der Waals surface area contributed by atoms with Gasteiger partial charge in [0.1, 0.15) is 4.88 Å². The van der Waals surface area contributed by atoms with E-state index in [1.165, 1.54) is 32.4 Å². The summed E-state index contributed by atoms with van der Waals surface area (Å²) in [5.74, 6) is 0.893. The molecule has 6 rings (SSSR count). The number of anilines is 1. The Balaban J connectivity index is 1.54. The predicted octanol–water partition coefficient (Wildman–Crippen LogP) is 2.40. The Bertz CT molecular complexity index is 789. The van der Waals surface area contributed by atoms with Gasteiger partial charge in [0.15, 0.2) is 0 Å². The van der Waals surface area contributed by atoms with E-state index in [1.807, 2.05) is 13.1 Å². The number of carbonyl (C=O) groups excluding carboxylic acids is 1. The van der Waals surface area contributed by atoms with Gasteiger partial charge in [-0.25, -0.2) is 0 Å². The van der Waals surface area contributed by atoms with E-state index < -0.39 is 0 Å². The molecule has 2 bridgehead atoms. The van der Waals surface area contributed by atoms with Crippen LogP contribution in [-0.2, 0) is 0 Å². The van der Waals surface area contributed by atoms with Crippen molar-refractivity contribution in [2.24, 2.45) is 5.92 Å². The summed E-state index contributed by atoms with van der Waals surface area (Å²) >= 11 is 1.57. The quantitative estimate of drug-likeness (QED) is 0.879. The number of hydrogen-bond acceptors (Lipinski definition) is 5. The summed E-state index contributed by atoms with van der Waals surface area (Å²) in [7, 11) is 0. The van der Waals surface area contributed by atoms with Gasteiger partial charge in [0, 0.05) is 29.2 Å². The van der Waals surface area contributed by atoms with Crippen molar-refractivity contribution in [1.82, 2.24) is 20.4 Å². The average molecular weight is 343 g/mol. The number of nitrogens with one attached hydrogen (secondary N) is 2. The number of amides is 1. The molecule has 3 saturated heterocycles. The number of rotatable bonds is 2. The van der Waals surface area contributed by atoms with Crippen LogP contribution in [0.5, 0.6) is 0 Å². The van der Waals surface area contributed by atoms with E-state index in [-0.39, 0.29) is 5.91 Å². The fourth-order valence-corrected chi connectivity index (χ4v) is 5.49. The van der Waals surface area contributed by atoms with Gasteiger partial charge in [-0.05, 0) is 38.2 Å². The van der Waals surface area contributed by atoms with Crippen LogP contribution in [0.25, 0.3) is 10.4 Å². The fourth-order valence-electron chi connectivity index (χ4n) is 4.34. The van der Waals surface area contributed by atoms with E-state index in [0.717, 1.165) is 32.6 Å². The number of aromatic amines is 1. The van der Waals surface area contributed by atoms with Gasteiger partial charge in [0.2, 0.25) is 0 Å². The lowest BCUT2D eigenvalue weighted by Gasteiger charge is -2.51. The van der Waals surface area contributed by atoms with Crippen molar-refractivity contribution >= 4 is 22.9 Å². The molecule has 2 N–H and O–H groups in total. The third-order valence-corrected chi connectivity index (χ3v) is 6.86. The standard InChI is InChI=1S/C17H21N5OS/c1-10-12(8-19-20-10)14-7-13-16(24-14)17(23)18-9-22(13)15-6-11-2-4-21(15)5-3-11/h7-8,11,15H,2-6,9H2,1H3,(H,18,23)(H,19,20). The Morgan fingerprint density at radius 2 is 2.17 bits per heavy atom. The fraction of sp³-hybridized carbons (Fsp3) is 0.529. The molecule has 7 heteroatoms. The van der Waals surface area contributed by atoms with Gasteiger partial charge in [0.05, 0.1) is 24.7 Å². The Kier molecular flexibility index (Phi) is 3.21. The molecule has 2 aromatic heterocycles. The number of piperidine rings is 3. The van der Waals surface area contributed by atoms with Gasteiger partial charge in [-0.1, -0.05) is 0 Å². The number of nitrogens with zero attached hydrogens (tertiary/aromatic N) is 3. The first kappa shape index (κ1) is 14.5. The Labute approximate surface area is 144 Å². The van der Waals surface area contributed by atoms with Gasteiger partial charge in [-0.2, -0.15) is 5.10 Å². The molecule has 24 heavy (non-hydrogen) atoms. The minimum Gasteiger partial charge on any atom is -0.337 e. The molecule has 4 aliphatic rings. The summed E-state index contributed by atoms with van der Waals surface area (Å²) in [6, 6.07) is 2.18. The van der Waals surface area contributed by atoms with Gasteiger partial charge >= 0.3 is 0 Å². The van der Waals surface area contributed by atoms with E-state index in [2.05, 4.69) is 31.4 Å². The minimum atomic E-state index is 0.0506. The lowest BCUT2D eigenvalue weighted by atomic mass is 9.85. The largest absolute Gasteiger partial charge is 0.337 e. The minimum absolute atomic E-state index is 0.0506. The molecule has 0 spiro atoms. The molecule has 2 aromatic rings. The molecule has 4 aliphatic heterocycles. The smallest absolute Gasteiger partial charge is 0.264 e. The first-order chi connectivity index (χ1) is 11.7. The second kappa shape index (κ2) is 5.32. The third-order valence-electron chi connectivity index (χ3n) is 5.71. The Morgan fingerprint density at radius 1 is 1.33 bits per heavy atom.